The third-order valence-corrected chi connectivity index (χ3v) is 5.00. The molecule has 0 spiro atoms. The summed E-state index contributed by atoms with van der Waals surface area (Å²) in [7, 11) is 1.00. The van der Waals surface area contributed by atoms with E-state index >= 15 is 0 Å². The Balaban J connectivity index is 1.57. The van der Waals surface area contributed by atoms with Crippen LogP contribution in [-0.2, 0) is 24.2 Å². The van der Waals surface area contributed by atoms with Crippen LogP contribution in [0.1, 0.15) is 30.3 Å². The fourth-order valence-corrected chi connectivity index (χ4v) is 3.44. The number of hydrogen-bond donors (Lipinski definition) is 1. The predicted molar refractivity (Wildman–Crippen MR) is 97.3 cm³/mol. The molecule has 1 N–H and O–H groups in total. The van der Waals surface area contributed by atoms with Gasteiger partial charge in [0, 0.05) is 25.8 Å². The number of alkyl halides is 6. The first-order chi connectivity index (χ1) is 14.4. The zero-order valence-corrected chi connectivity index (χ0v) is 16.3. The van der Waals surface area contributed by atoms with Gasteiger partial charge in [0.15, 0.2) is 0 Å². The molecule has 7 nitrogen and oxygen atoms in total. The molecule has 1 saturated heterocycles. The van der Waals surface area contributed by atoms with Crippen molar-refractivity contribution in [1.82, 2.24) is 19.2 Å². The molecule has 1 aromatic heterocycles. The fraction of sp³-hybridized carbons (Fsp3) is 0.500. The topological polar surface area (TPSA) is 72.2 Å². The molecule has 1 aromatic carbocycles. The maximum atomic E-state index is 12.9. The molecule has 0 saturated carbocycles. The highest BCUT2D eigenvalue weighted by atomic mass is 19.4. The van der Waals surface area contributed by atoms with Crippen LogP contribution in [-0.4, -0.2) is 44.8 Å². The first-order valence-electron chi connectivity index (χ1n) is 9.28. The van der Waals surface area contributed by atoms with Crippen molar-refractivity contribution < 1.29 is 31.1 Å². The Kier molecular flexibility index (Phi) is 6.16. The number of nitrogens with one attached hydrogen (secondary N) is 1. The standard InChI is InChI=1S/C18H19F6N5O2/c1-27-15(18(22,23)24)26-29(16(27)31)13-5-7-28(8-6-13)10-14(30)25-12-4-2-3-11(9-12)17(19,20)21/h2-4,9,13H,5-8,10H2,1H3,(H,25,30). The normalized spacial score (nSPS) is 16.5. The minimum Gasteiger partial charge on any atom is -0.325 e. The van der Waals surface area contributed by atoms with E-state index in [0.717, 1.165) is 23.9 Å². The highest BCUT2D eigenvalue weighted by Crippen LogP contribution is 2.31. The minimum absolute atomic E-state index is 0.00873. The Labute approximate surface area is 172 Å². The van der Waals surface area contributed by atoms with Gasteiger partial charge in [0.05, 0.1) is 18.2 Å². The van der Waals surface area contributed by atoms with E-state index < -0.39 is 41.4 Å². The summed E-state index contributed by atoms with van der Waals surface area (Å²) in [6.45, 7) is 0.518. The Morgan fingerprint density at radius 2 is 1.77 bits per heavy atom. The lowest BCUT2D eigenvalue weighted by Crippen LogP contribution is -2.41. The lowest BCUT2D eigenvalue weighted by Gasteiger charge is -2.31. The van der Waals surface area contributed by atoms with Gasteiger partial charge in [-0.1, -0.05) is 6.07 Å². The summed E-state index contributed by atoms with van der Waals surface area (Å²) in [5.74, 6) is -1.80. The number of anilines is 1. The monoisotopic (exact) mass is 451 g/mol. The summed E-state index contributed by atoms with van der Waals surface area (Å²) in [6.07, 6.45) is -8.68. The second kappa shape index (κ2) is 8.36. The molecule has 0 aliphatic carbocycles. The number of benzene rings is 1. The maximum Gasteiger partial charge on any atom is 0.451 e. The fourth-order valence-electron chi connectivity index (χ4n) is 3.44. The van der Waals surface area contributed by atoms with Crippen LogP contribution in [0.25, 0.3) is 0 Å². The first kappa shape index (κ1) is 22.8. The van der Waals surface area contributed by atoms with Crippen LogP contribution in [0.4, 0.5) is 32.0 Å². The second-order valence-electron chi connectivity index (χ2n) is 7.24. The number of halogens is 6. The van der Waals surface area contributed by atoms with Crippen molar-refractivity contribution >= 4 is 11.6 Å². The Hall–Kier alpha value is -2.83. The lowest BCUT2D eigenvalue weighted by molar-refractivity contribution is -0.147. The first-order valence-corrected chi connectivity index (χ1v) is 9.28. The van der Waals surface area contributed by atoms with Crippen LogP contribution in [0.2, 0.25) is 0 Å². The van der Waals surface area contributed by atoms with E-state index in [9.17, 15) is 35.9 Å². The van der Waals surface area contributed by atoms with Crippen molar-refractivity contribution in [3.8, 4) is 0 Å². The SMILES string of the molecule is Cn1c(C(F)(F)F)nn(C2CCN(CC(=O)Nc3cccc(C(F)(F)F)c3)CC2)c1=O. The number of carbonyl (C=O) groups is 1. The van der Waals surface area contributed by atoms with Gasteiger partial charge in [-0.2, -0.15) is 26.3 Å². The van der Waals surface area contributed by atoms with Gasteiger partial charge in [0.1, 0.15) is 0 Å². The molecule has 170 valence electrons. The van der Waals surface area contributed by atoms with Gasteiger partial charge < -0.3 is 5.32 Å². The zero-order chi connectivity index (χ0) is 23.0. The van der Waals surface area contributed by atoms with Crippen molar-refractivity contribution in [1.29, 1.82) is 0 Å². The van der Waals surface area contributed by atoms with E-state index in [2.05, 4.69) is 10.4 Å². The van der Waals surface area contributed by atoms with Crippen LogP contribution in [0.15, 0.2) is 29.1 Å². The number of hydrogen-bond acceptors (Lipinski definition) is 4. The van der Waals surface area contributed by atoms with E-state index in [1.54, 1.807) is 4.90 Å². The summed E-state index contributed by atoms with van der Waals surface area (Å²) >= 11 is 0. The Morgan fingerprint density at radius 1 is 1.13 bits per heavy atom. The molecule has 1 amide bonds. The molecule has 2 heterocycles. The maximum absolute atomic E-state index is 12.9. The molecule has 1 aliphatic rings. The molecular weight excluding hydrogens is 432 g/mol. The summed E-state index contributed by atoms with van der Waals surface area (Å²) in [6, 6.07) is 3.70. The summed E-state index contributed by atoms with van der Waals surface area (Å²) in [5, 5.41) is 5.83. The zero-order valence-electron chi connectivity index (χ0n) is 16.3. The number of amides is 1. The Bertz CT molecular complexity index is 1000. The number of likely N-dealkylation sites (tertiary alicyclic amines) is 1. The predicted octanol–water partition coefficient (Wildman–Crippen LogP) is 2.90. The number of carbonyl (C=O) groups excluding carboxylic acids is 1. The molecule has 1 fully saturated rings. The molecule has 31 heavy (non-hydrogen) atoms. The van der Waals surface area contributed by atoms with E-state index in [0.29, 0.717) is 30.5 Å². The van der Waals surface area contributed by atoms with Crippen LogP contribution in [0, 0.1) is 0 Å². The number of piperidine rings is 1. The second-order valence-corrected chi connectivity index (χ2v) is 7.24. The van der Waals surface area contributed by atoms with E-state index in [-0.39, 0.29) is 12.2 Å². The molecule has 2 aromatic rings. The van der Waals surface area contributed by atoms with Gasteiger partial charge in [-0.15, -0.1) is 5.10 Å². The average molecular weight is 451 g/mol. The lowest BCUT2D eigenvalue weighted by atomic mass is 10.1. The van der Waals surface area contributed by atoms with Gasteiger partial charge in [-0.05, 0) is 31.0 Å². The van der Waals surface area contributed by atoms with E-state index in [1.807, 2.05) is 0 Å². The summed E-state index contributed by atoms with van der Waals surface area (Å²) in [5.41, 5.74) is -1.74. The molecule has 13 heteroatoms. The van der Waals surface area contributed by atoms with Gasteiger partial charge in [0.25, 0.3) is 0 Å². The molecule has 0 unspecified atom stereocenters. The number of rotatable bonds is 4. The van der Waals surface area contributed by atoms with Crippen LogP contribution >= 0.6 is 0 Å². The molecule has 0 radical (unpaired) electrons. The van der Waals surface area contributed by atoms with Crippen LogP contribution in [0.3, 0.4) is 0 Å². The third-order valence-electron chi connectivity index (χ3n) is 5.00. The molecule has 0 bridgehead atoms. The van der Waals surface area contributed by atoms with E-state index in [4.69, 9.17) is 0 Å². The summed E-state index contributed by atoms with van der Waals surface area (Å²) in [4.78, 5) is 26.0. The van der Waals surface area contributed by atoms with Gasteiger partial charge in [0.2, 0.25) is 11.7 Å². The third kappa shape index (κ3) is 5.27. The van der Waals surface area contributed by atoms with Crippen LogP contribution < -0.4 is 11.0 Å². The summed E-state index contributed by atoms with van der Waals surface area (Å²) < 4.78 is 78.4. The van der Waals surface area contributed by atoms with E-state index in [1.165, 1.54) is 12.1 Å². The number of aromatic nitrogens is 3. The van der Waals surface area contributed by atoms with Crippen molar-refractivity contribution in [3.05, 3.63) is 46.1 Å². The van der Waals surface area contributed by atoms with Crippen molar-refractivity contribution in [2.45, 2.75) is 31.2 Å². The smallest absolute Gasteiger partial charge is 0.325 e. The van der Waals surface area contributed by atoms with Crippen molar-refractivity contribution in [2.24, 2.45) is 7.05 Å². The molecule has 0 atom stereocenters. The minimum atomic E-state index is -4.75. The molecule has 1 aliphatic heterocycles. The largest absolute Gasteiger partial charge is 0.451 e. The highest BCUT2D eigenvalue weighted by molar-refractivity contribution is 5.92. The Morgan fingerprint density at radius 3 is 2.32 bits per heavy atom. The highest BCUT2D eigenvalue weighted by Gasteiger charge is 2.39. The van der Waals surface area contributed by atoms with Crippen LogP contribution in [0.5, 0.6) is 0 Å². The van der Waals surface area contributed by atoms with Gasteiger partial charge in [-0.25, -0.2) is 9.48 Å². The van der Waals surface area contributed by atoms with Crippen molar-refractivity contribution in [2.75, 3.05) is 25.0 Å². The van der Waals surface area contributed by atoms with Gasteiger partial charge >= 0.3 is 18.0 Å². The molecular formula is C18H19F6N5O2. The van der Waals surface area contributed by atoms with Gasteiger partial charge in [-0.3, -0.25) is 14.3 Å². The average Bonchev–Trinajstić information content (AvgIpc) is 2.97. The number of nitrogens with zero attached hydrogens (tertiary/aromatic N) is 4. The quantitative estimate of drug-likeness (QED) is 0.726. The molecule has 3 rings (SSSR count). The van der Waals surface area contributed by atoms with Crippen molar-refractivity contribution in [3.63, 3.8) is 0 Å².